The number of nitrogens with zero attached hydrogens (tertiary/aromatic N) is 5. The first-order valence-electron chi connectivity index (χ1n) is 9.89. The van der Waals surface area contributed by atoms with Gasteiger partial charge in [-0.3, -0.25) is 9.69 Å². The lowest BCUT2D eigenvalue weighted by Gasteiger charge is -2.35. The Kier molecular flexibility index (Phi) is 5.81. The Hall–Kier alpha value is -3.25. The van der Waals surface area contributed by atoms with Gasteiger partial charge in [0, 0.05) is 45.5 Å². The number of hydrogen-bond acceptors (Lipinski definition) is 5. The molecule has 1 fully saturated rings. The second-order valence-electron chi connectivity index (χ2n) is 7.23. The normalized spacial score (nSPS) is 14.6. The van der Waals surface area contributed by atoms with Gasteiger partial charge in [0.2, 0.25) is 0 Å². The molecule has 1 aliphatic heterocycles. The third-order valence-corrected chi connectivity index (χ3v) is 5.26. The highest BCUT2D eigenvalue weighted by Gasteiger charge is 2.20. The molecule has 1 saturated heterocycles. The van der Waals surface area contributed by atoms with E-state index in [0.717, 1.165) is 44.2 Å². The maximum atomic E-state index is 12.7. The molecule has 0 N–H and O–H groups in total. The Balaban J connectivity index is 1.34. The molecule has 0 atom stereocenters. The van der Waals surface area contributed by atoms with Gasteiger partial charge in [-0.25, -0.2) is 0 Å². The molecule has 0 bridgehead atoms. The van der Waals surface area contributed by atoms with Crippen molar-refractivity contribution in [1.29, 1.82) is 0 Å². The van der Waals surface area contributed by atoms with Crippen molar-refractivity contribution in [1.82, 2.24) is 15.1 Å². The summed E-state index contributed by atoms with van der Waals surface area (Å²) >= 11 is 0. The number of carbonyl (C=O) groups is 1. The summed E-state index contributed by atoms with van der Waals surface area (Å²) < 4.78 is 0. The van der Waals surface area contributed by atoms with Crippen LogP contribution in [0.1, 0.15) is 16.1 Å². The zero-order chi connectivity index (χ0) is 20.1. The zero-order valence-electron chi connectivity index (χ0n) is 16.6. The minimum Gasteiger partial charge on any atom is -0.353 e. The third kappa shape index (κ3) is 4.60. The number of rotatable bonds is 5. The van der Waals surface area contributed by atoms with Crippen LogP contribution in [0.3, 0.4) is 0 Å². The van der Waals surface area contributed by atoms with Crippen molar-refractivity contribution in [3.8, 4) is 0 Å². The highest BCUT2D eigenvalue weighted by Crippen LogP contribution is 2.17. The molecule has 29 heavy (non-hydrogen) atoms. The Labute approximate surface area is 171 Å². The van der Waals surface area contributed by atoms with Gasteiger partial charge in [-0.2, -0.15) is 0 Å². The summed E-state index contributed by atoms with van der Waals surface area (Å²) in [6.45, 7) is 4.74. The molecule has 2 aromatic carbocycles. The second-order valence-corrected chi connectivity index (χ2v) is 7.23. The molecule has 2 heterocycles. The summed E-state index contributed by atoms with van der Waals surface area (Å²) in [5, 5.41) is 8.51. The molecule has 1 aliphatic rings. The molecule has 0 radical (unpaired) electrons. The zero-order valence-corrected chi connectivity index (χ0v) is 16.6. The van der Waals surface area contributed by atoms with Gasteiger partial charge in [0.1, 0.15) is 0 Å². The van der Waals surface area contributed by atoms with E-state index in [4.69, 9.17) is 0 Å². The summed E-state index contributed by atoms with van der Waals surface area (Å²) in [5.74, 6) is 0.659. The van der Waals surface area contributed by atoms with Gasteiger partial charge in [0.25, 0.3) is 5.91 Å². The molecule has 0 unspecified atom stereocenters. The first kappa shape index (κ1) is 19.1. The van der Waals surface area contributed by atoms with Crippen LogP contribution in [0.25, 0.3) is 0 Å². The Morgan fingerprint density at radius 3 is 2.14 bits per heavy atom. The van der Waals surface area contributed by atoms with Crippen LogP contribution in [0.2, 0.25) is 0 Å². The smallest absolute Gasteiger partial charge is 0.278 e. The lowest BCUT2D eigenvalue weighted by molar-refractivity contribution is 0.0987. The maximum absolute atomic E-state index is 12.7. The third-order valence-electron chi connectivity index (χ3n) is 5.26. The van der Waals surface area contributed by atoms with E-state index in [1.165, 1.54) is 5.56 Å². The summed E-state index contributed by atoms with van der Waals surface area (Å²) in [6.07, 6.45) is 0. The average Bonchev–Trinajstić information content (AvgIpc) is 2.80. The number of piperazine rings is 1. The van der Waals surface area contributed by atoms with Gasteiger partial charge < -0.3 is 9.80 Å². The lowest BCUT2D eigenvalue weighted by atomic mass is 10.2. The molecule has 1 aromatic heterocycles. The van der Waals surface area contributed by atoms with Crippen LogP contribution >= 0.6 is 0 Å². The van der Waals surface area contributed by atoms with Gasteiger partial charge in [-0.1, -0.05) is 48.5 Å². The van der Waals surface area contributed by atoms with E-state index >= 15 is 0 Å². The van der Waals surface area contributed by atoms with Crippen LogP contribution in [-0.2, 0) is 6.54 Å². The van der Waals surface area contributed by atoms with Gasteiger partial charge in [0.15, 0.2) is 11.5 Å². The summed E-state index contributed by atoms with van der Waals surface area (Å²) in [5.41, 5.74) is 2.52. The van der Waals surface area contributed by atoms with E-state index in [0.29, 0.717) is 5.69 Å². The topological polar surface area (TPSA) is 52.6 Å². The molecule has 6 heteroatoms. The molecule has 4 rings (SSSR count). The van der Waals surface area contributed by atoms with Crippen LogP contribution in [0, 0.1) is 0 Å². The molecular weight excluding hydrogens is 362 g/mol. The van der Waals surface area contributed by atoms with E-state index in [2.05, 4.69) is 44.3 Å². The SMILES string of the molecule is CN(C(=O)c1ccc(N2CCN(Cc3ccccc3)CC2)nn1)c1ccccc1. The van der Waals surface area contributed by atoms with Crippen LogP contribution in [0.5, 0.6) is 0 Å². The van der Waals surface area contributed by atoms with Gasteiger partial charge in [-0.15, -0.1) is 10.2 Å². The predicted molar refractivity (Wildman–Crippen MR) is 115 cm³/mol. The number of amides is 1. The number of carbonyl (C=O) groups excluding carboxylic acids is 1. The fourth-order valence-corrected chi connectivity index (χ4v) is 3.53. The highest BCUT2D eigenvalue weighted by molar-refractivity contribution is 6.04. The van der Waals surface area contributed by atoms with Crippen LogP contribution < -0.4 is 9.80 Å². The quantitative estimate of drug-likeness (QED) is 0.673. The van der Waals surface area contributed by atoms with E-state index in [1.807, 2.05) is 42.5 Å². The van der Waals surface area contributed by atoms with Crippen molar-refractivity contribution in [3.05, 3.63) is 84.1 Å². The maximum Gasteiger partial charge on any atom is 0.278 e. The minimum atomic E-state index is -0.164. The number of anilines is 2. The molecule has 0 aliphatic carbocycles. The van der Waals surface area contributed by atoms with Gasteiger partial charge >= 0.3 is 0 Å². The van der Waals surface area contributed by atoms with E-state index in [9.17, 15) is 4.79 Å². The van der Waals surface area contributed by atoms with Crippen molar-refractivity contribution < 1.29 is 4.79 Å². The Morgan fingerprint density at radius 2 is 1.52 bits per heavy atom. The summed E-state index contributed by atoms with van der Waals surface area (Å²) in [4.78, 5) is 18.9. The molecule has 1 amide bonds. The van der Waals surface area contributed by atoms with Gasteiger partial charge in [0.05, 0.1) is 0 Å². The molecule has 0 spiro atoms. The lowest BCUT2D eigenvalue weighted by Crippen LogP contribution is -2.46. The fraction of sp³-hybridized carbons (Fsp3) is 0.261. The largest absolute Gasteiger partial charge is 0.353 e. The number of aromatic nitrogens is 2. The highest BCUT2D eigenvalue weighted by atomic mass is 16.2. The average molecular weight is 387 g/mol. The molecular formula is C23H25N5O. The Morgan fingerprint density at radius 1 is 0.862 bits per heavy atom. The van der Waals surface area contributed by atoms with Gasteiger partial charge in [-0.05, 0) is 29.8 Å². The van der Waals surface area contributed by atoms with E-state index in [-0.39, 0.29) is 5.91 Å². The van der Waals surface area contributed by atoms with Crippen molar-refractivity contribution in [2.45, 2.75) is 6.54 Å². The molecule has 6 nitrogen and oxygen atoms in total. The Bertz CT molecular complexity index is 923. The monoisotopic (exact) mass is 387 g/mol. The van der Waals surface area contributed by atoms with Crippen molar-refractivity contribution in [3.63, 3.8) is 0 Å². The first-order chi connectivity index (χ1) is 14.2. The molecule has 148 valence electrons. The van der Waals surface area contributed by atoms with Crippen molar-refractivity contribution in [2.75, 3.05) is 43.0 Å². The number of para-hydroxylation sites is 1. The van der Waals surface area contributed by atoms with E-state index in [1.54, 1.807) is 18.0 Å². The van der Waals surface area contributed by atoms with Crippen molar-refractivity contribution >= 4 is 17.4 Å². The van der Waals surface area contributed by atoms with Crippen LogP contribution in [0.4, 0.5) is 11.5 Å². The standard InChI is InChI=1S/C23H25N5O/c1-26(20-10-6-3-7-11-20)23(29)21-12-13-22(25-24-21)28-16-14-27(15-17-28)18-19-8-4-2-5-9-19/h2-13H,14-18H2,1H3. The first-order valence-corrected chi connectivity index (χ1v) is 9.89. The molecule has 0 saturated carbocycles. The van der Waals surface area contributed by atoms with Crippen LogP contribution in [0.15, 0.2) is 72.8 Å². The second kappa shape index (κ2) is 8.84. The van der Waals surface area contributed by atoms with E-state index < -0.39 is 0 Å². The number of hydrogen-bond donors (Lipinski definition) is 0. The minimum absolute atomic E-state index is 0.164. The molecule has 3 aromatic rings. The van der Waals surface area contributed by atoms with Crippen LogP contribution in [-0.4, -0.2) is 54.2 Å². The fourth-order valence-electron chi connectivity index (χ4n) is 3.53. The predicted octanol–water partition coefficient (Wildman–Crippen LogP) is 3.08. The summed E-state index contributed by atoms with van der Waals surface area (Å²) in [6, 6.07) is 23.7. The van der Waals surface area contributed by atoms with Crippen molar-refractivity contribution in [2.24, 2.45) is 0 Å². The number of benzene rings is 2. The summed E-state index contributed by atoms with van der Waals surface area (Å²) in [7, 11) is 1.75.